The van der Waals surface area contributed by atoms with Crippen LogP contribution in [0.15, 0.2) is 0 Å². The van der Waals surface area contributed by atoms with Crippen LogP contribution in [0.5, 0.6) is 0 Å². The van der Waals surface area contributed by atoms with E-state index in [1.54, 1.807) is 0 Å². The van der Waals surface area contributed by atoms with Gasteiger partial charge in [0, 0.05) is 6.56 Å². The Kier molecular flexibility index (Phi) is 14.4. The number of hydrogen-bond acceptors (Lipinski definition) is 3. The number of rotatable bonds is 16. The molecule has 0 aromatic heterocycles. The van der Waals surface area contributed by atoms with Crippen LogP contribution in [0.4, 0.5) is 0 Å². The fourth-order valence-electron chi connectivity index (χ4n) is 1.92. The standard InChI is InChI=1S/C16H34O3/c1-2-3-4-5-6-7-8-9-10-11-13-18-15-16-19-14-12-17/h17H,2-16H2,1H3/i13D2. The molecule has 19 heavy (non-hydrogen) atoms. The Balaban J connectivity index is 3.32. The van der Waals surface area contributed by atoms with Gasteiger partial charge in [-0.1, -0.05) is 64.7 Å². The molecule has 0 aromatic rings. The van der Waals surface area contributed by atoms with E-state index in [1.165, 1.54) is 44.9 Å². The van der Waals surface area contributed by atoms with Crippen LogP contribution in [-0.4, -0.2) is 38.1 Å². The summed E-state index contributed by atoms with van der Waals surface area (Å²) in [5, 5.41) is 8.53. The van der Waals surface area contributed by atoms with Gasteiger partial charge in [0.05, 0.1) is 29.2 Å². The maximum absolute atomic E-state index is 8.53. The van der Waals surface area contributed by atoms with Gasteiger partial charge in [0.15, 0.2) is 0 Å². The fraction of sp³-hybridized carbons (Fsp3) is 1.00. The summed E-state index contributed by atoms with van der Waals surface area (Å²) in [6, 6.07) is 0. The first kappa shape index (κ1) is 15.3. The van der Waals surface area contributed by atoms with E-state index < -0.39 is 6.56 Å². The van der Waals surface area contributed by atoms with Gasteiger partial charge in [-0.2, -0.15) is 0 Å². The van der Waals surface area contributed by atoms with Gasteiger partial charge in [-0.3, -0.25) is 0 Å². The summed E-state index contributed by atoms with van der Waals surface area (Å²) in [4.78, 5) is 0. The molecule has 0 fully saturated rings. The van der Waals surface area contributed by atoms with Crippen molar-refractivity contribution < 1.29 is 17.3 Å². The third kappa shape index (κ3) is 17.9. The number of ether oxygens (including phenoxy) is 2. The van der Waals surface area contributed by atoms with Crippen LogP contribution in [0.2, 0.25) is 0 Å². The first-order valence-corrected chi connectivity index (χ1v) is 7.95. The minimum absolute atomic E-state index is 0.00859. The molecule has 0 unspecified atom stereocenters. The molecule has 0 rings (SSSR count). The number of hydrogen-bond donors (Lipinski definition) is 1. The molecule has 0 radical (unpaired) electrons. The zero-order chi connectivity index (χ0) is 15.8. The first-order valence-electron chi connectivity index (χ1n) is 8.95. The Morgan fingerprint density at radius 2 is 1.26 bits per heavy atom. The predicted molar refractivity (Wildman–Crippen MR) is 80.6 cm³/mol. The van der Waals surface area contributed by atoms with Crippen molar-refractivity contribution in [1.29, 1.82) is 0 Å². The minimum atomic E-state index is -1.55. The summed E-state index contributed by atoms with van der Waals surface area (Å²) < 4.78 is 25.7. The van der Waals surface area contributed by atoms with E-state index in [1.807, 2.05) is 0 Å². The second-order valence-electron chi connectivity index (χ2n) is 4.91. The Hall–Kier alpha value is -0.120. The molecule has 116 valence electrons. The highest BCUT2D eigenvalue weighted by Gasteiger charge is 1.93. The van der Waals surface area contributed by atoms with E-state index in [0.717, 1.165) is 12.8 Å². The summed E-state index contributed by atoms with van der Waals surface area (Å²) in [5.74, 6) is 0. The SMILES string of the molecule is [2H]C([2H])(CCCCCCCCCCC)OCCOCCO. The normalized spacial score (nSPS) is 13.4. The van der Waals surface area contributed by atoms with Crippen LogP contribution in [0.25, 0.3) is 0 Å². The Bertz CT molecular complexity index is 214. The molecule has 0 heterocycles. The molecule has 0 aliphatic heterocycles. The Labute approximate surface area is 122 Å². The van der Waals surface area contributed by atoms with Gasteiger partial charge in [-0.05, 0) is 6.42 Å². The van der Waals surface area contributed by atoms with Crippen LogP contribution in [0.1, 0.15) is 73.9 Å². The van der Waals surface area contributed by atoms with E-state index in [2.05, 4.69) is 6.92 Å². The third-order valence-corrected chi connectivity index (χ3v) is 3.05. The largest absolute Gasteiger partial charge is 0.394 e. The van der Waals surface area contributed by atoms with Crippen molar-refractivity contribution >= 4 is 0 Å². The predicted octanol–water partition coefficient (Wildman–Crippen LogP) is 3.93. The summed E-state index contributed by atoms with van der Waals surface area (Å²) in [6.07, 6.45) is 11.5. The molecular weight excluding hydrogens is 240 g/mol. The van der Waals surface area contributed by atoms with Crippen LogP contribution < -0.4 is 0 Å². The van der Waals surface area contributed by atoms with Crippen molar-refractivity contribution in [3.63, 3.8) is 0 Å². The quantitative estimate of drug-likeness (QED) is 0.434. The van der Waals surface area contributed by atoms with Crippen LogP contribution >= 0.6 is 0 Å². The zero-order valence-corrected chi connectivity index (χ0v) is 12.7. The molecule has 0 aliphatic rings. The third-order valence-electron chi connectivity index (χ3n) is 3.05. The first-order chi connectivity index (χ1) is 10.1. The van der Waals surface area contributed by atoms with Gasteiger partial charge in [-0.15, -0.1) is 0 Å². The highest BCUT2D eigenvalue weighted by Crippen LogP contribution is 2.10. The molecule has 0 spiro atoms. The summed E-state index contributed by atoms with van der Waals surface area (Å²) >= 11 is 0. The lowest BCUT2D eigenvalue weighted by molar-refractivity contribution is 0.0321. The molecule has 0 aliphatic carbocycles. The lowest BCUT2D eigenvalue weighted by atomic mass is 10.1. The summed E-state index contributed by atoms with van der Waals surface area (Å²) in [7, 11) is 0. The molecule has 3 heteroatoms. The van der Waals surface area contributed by atoms with E-state index in [9.17, 15) is 0 Å². The maximum Gasteiger partial charge on any atom is 0.0701 e. The second-order valence-corrected chi connectivity index (χ2v) is 4.91. The van der Waals surface area contributed by atoms with Gasteiger partial charge in [0.1, 0.15) is 0 Å². The van der Waals surface area contributed by atoms with Crippen LogP contribution in [0, 0.1) is 0 Å². The molecule has 3 nitrogen and oxygen atoms in total. The Morgan fingerprint density at radius 3 is 1.84 bits per heavy atom. The van der Waals surface area contributed by atoms with E-state index >= 15 is 0 Å². The Morgan fingerprint density at radius 1 is 0.737 bits per heavy atom. The van der Waals surface area contributed by atoms with Crippen molar-refractivity contribution in [3.05, 3.63) is 0 Å². The smallest absolute Gasteiger partial charge is 0.0701 e. The molecule has 0 atom stereocenters. The summed E-state index contributed by atoms with van der Waals surface area (Å²) in [5.41, 5.74) is 0. The topological polar surface area (TPSA) is 38.7 Å². The minimum Gasteiger partial charge on any atom is -0.394 e. The zero-order valence-electron chi connectivity index (χ0n) is 14.7. The number of aliphatic hydroxyl groups is 1. The monoisotopic (exact) mass is 276 g/mol. The molecule has 0 amide bonds. The lowest BCUT2D eigenvalue weighted by Crippen LogP contribution is -2.07. The second kappa shape index (κ2) is 17.9. The van der Waals surface area contributed by atoms with Crippen molar-refractivity contribution in [2.24, 2.45) is 0 Å². The van der Waals surface area contributed by atoms with Crippen LogP contribution in [-0.2, 0) is 9.47 Å². The van der Waals surface area contributed by atoms with Crippen molar-refractivity contribution in [2.75, 3.05) is 33.0 Å². The van der Waals surface area contributed by atoms with E-state index in [-0.39, 0.29) is 19.8 Å². The van der Waals surface area contributed by atoms with Crippen LogP contribution in [0.3, 0.4) is 0 Å². The average Bonchev–Trinajstić information content (AvgIpc) is 2.45. The highest BCUT2D eigenvalue weighted by molar-refractivity contribution is 4.47. The average molecular weight is 276 g/mol. The van der Waals surface area contributed by atoms with Gasteiger partial charge in [0.2, 0.25) is 0 Å². The van der Waals surface area contributed by atoms with E-state index in [0.29, 0.717) is 13.0 Å². The molecule has 1 N–H and O–H groups in total. The van der Waals surface area contributed by atoms with Crippen molar-refractivity contribution in [3.8, 4) is 0 Å². The highest BCUT2D eigenvalue weighted by atomic mass is 16.5. The van der Waals surface area contributed by atoms with Crippen molar-refractivity contribution in [1.82, 2.24) is 0 Å². The van der Waals surface area contributed by atoms with Crippen molar-refractivity contribution in [2.45, 2.75) is 71.1 Å². The molecule has 0 saturated heterocycles. The molecular formula is C16H34O3. The molecule has 0 aromatic carbocycles. The summed E-state index contributed by atoms with van der Waals surface area (Å²) in [6.45, 7) is 1.52. The van der Waals surface area contributed by atoms with Gasteiger partial charge in [0.25, 0.3) is 0 Å². The van der Waals surface area contributed by atoms with E-state index in [4.69, 9.17) is 17.3 Å². The number of unbranched alkanes of at least 4 members (excludes halogenated alkanes) is 8. The van der Waals surface area contributed by atoms with Gasteiger partial charge >= 0.3 is 0 Å². The molecule has 0 bridgehead atoms. The fourth-order valence-corrected chi connectivity index (χ4v) is 1.92. The van der Waals surface area contributed by atoms with Gasteiger partial charge in [-0.25, -0.2) is 0 Å². The maximum atomic E-state index is 8.53. The van der Waals surface area contributed by atoms with Gasteiger partial charge < -0.3 is 14.6 Å². The molecule has 0 saturated carbocycles. The lowest BCUT2D eigenvalue weighted by Gasteiger charge is -2.05. The number of aliphatic hydroxyl groups excluding tert-OH is 1.